The van der Waals surface area contributed by atoms with Crippen LogP contribution in [0, 0.1) is 34.5 Å². The van der Waals surface area contributed by atoms with E-state index in [-0.39, 0.29) is 34.7 Å². The summed E-state index contributed by atoms with van der Waals surface area (Å²) >= 11 is 0. The van der Waals surface area contributed by atoms with Gasteiger partial charge in [-0.05, 0) is 74.0 Å². The largest absolute Gasteiger partial charge is 0.462 e. The van der Waals surface area contributed by atoms with E-state index in [1.165, 1.54) is 12.5 Å². The second kappa shape index (κ2) is 6.43. The molecule has 4 aliphatic carbocycles. The van der Waals surface area contributed by atoms with E-state index in [9.17, 15) is 14.7 Å². The van der Waals surface area contributed by atoms with Crippen LogP contribution in [0.3, 0.4) is 0 Å². The van der Waals surface area contributed by atoms with Gasteiger partial charge in [0.05, 0.1) is 6.10 Å². The molecule has 4 aliphatic rings. The summed E-state index contributed by atoms with van der Waals surface area (Å²) in [6.07, 6.45) is 8.50. The highest BCUT2D eigenvalue weighted by Gasteiger charge is 2.61. The minimum atomic E-state index is -0.440. The van der Waals surface area contributed by atoms with Crippen LogP contribution in [0.25, 0.3) is 0 Å². The SMILES string of the molecule is CC(=O)O[C@H]1CC[C@@]2(C)C(=C[C@H](O)[C@H]3[C@@H]4CC[C@H](C(C)=O)[C@@]4(C)CC[C@@H]32)C1. The van der Waals surface area contributed by atoms with E-state index in [0.717, 1.165) is 44.9 Å². The molecule has 0 radical (unpaired) electrons. The smallest absolute Gasteiger partial charge is 0.302 e. The number of aliphatic hydroxyl groups is 1. The first kappa shape index (κ1) is 19.2. The van der Waals surface area contributed by atoms with Gasteiger partial charge in [-0.2, -0.15) is 0 Å². The number of carbonyl (C=O) groups is 2. The van der Waals surface area contributed by atoms with E-state index < -0.39 is 6.10 Å². The third-order valence-electron chi connectivity index (χ3n) is 8.91. The summed E-state index contributed by atoms with van der Waals surface area (Å²) in [5.41, 5.74) is 1.43. The molecule has 0 aliphatic heterocycles. The van der Waals surface area contributed by atoms with Crippen LogP contribution in [0.5, 0.6) is 0 Å². The zero-order valence-electron chi connectivity index (χ0n) is 17.2. The second-order valence-corrected chi connectivity index (χ2v) is 10.1. The zero-order valence-corrected chi connectivity index (χ0v) is 17.2. The normalized spacial score (nSPS) is 48.7. The number of ketones is 1. The summed E-state index contributed by atoms with van der Waals surface area (Å²) in [6, 6.07) is 0. The fourth-order valence-corrected chi connectivity index (χ4v) is 7.62. The maximum atomic E-state index is 12.2. The molecule has 0 amide bonds. The average molecular weight is 375 g/mol. The summed E-state index contributed by atoms with van der Waals surface area (Å²) in [6.45, 7) is 7.89. The number of aliphatic hydroxyl groups excluding tert-OH is 1. The molecule has 0 saturated heterocycles. The van der Waals surface area contributed by atoms with Gasteiger partial charge in [0.2, 0.25) is 0 Å². The zero-order chi connectivity index (χ0) is 19.6. The maximum absolute atomic E-state index is 12.2. The minimum absolute atomic E-state index is 0.0463. The van der Waals surface area contributed by atoms with Crippen molar-refractivity contribution in [2.24, 2.45) is 34.5 Å². The Morgan fingerprint density at radius 3 is 2.48 bits per heavy atom. The van der Waals surface area contributed by atoms with Crippen LogP contribution in [0.1, 0.15) is 72.6 Å². The van der Waals surface area contributed by atoms with Crippen molar-refractivity contribution in [3.05, 3.63) is 11.6 Å². The number of hydrogen-bond acceptors (Lipinski definition) is 4. The van der Waals surface area contributed by atoms with Gasteiger partial charge in [0.1, 0.15) is 11.9 Å². The molecule has 150 valence electrons. The number of carbonyl (C=O) groups excluding carboxylic acids is 2. The van der Waals surface area contributed by atoms with Gasteiger partial charge < -0.3 is 9.84 Å². The Balaban J connectivity index is 1.64. The molecule has 0 bridgehead atoms. The molecule has 4 nitrogen and oxygen atoms in total. The van der Waals surface area contributed by atoms with Crippen LogP contribution in [0.4, 0.5) is 0 Å². The lowest BCUT2D eigenvalue weighted by atomic mass is 9.46. The summed E-state index contributed by atoms with van der Waals surface area (Å²) in [5, 5.41) is 11.1. The summed E-state index contributed by atoms with van der Waals surface area (Å²) < 4.78 is 5.48. The molecule has 0 heterocycles. The van der Waals surface area contributed by atoms with Gasteiger partial charge in [-0.3, -0.25) is 9.59 Å². The molecule has 4 rings (SSSR count). The number of hydrogen-bond donors (Lipinski definition) is 1. The Labute approximate surface area is 162 Å². The molecular formula is C23H34O4. The average Bonchev–Trinajstić information content (AvgIpc) is 2.93. The Bertz CT molecular complexity index is 682. The van der Waals surface area contributed by atoms with E-state index in [1.54, 1.807) is 6.92 Å². The molecule has 0 unspecified atom stereocenters. The van der Waals surface area contributed by atoms with E-state index in [2.05, 4.69) is 19.9 Å². The number of fused-ring (bicyclic) bond motifs is 5. The predicted octanol–water partition coefficient (Wildman–Crippen LogP) is 4.06. The Hall–Kier alpha value is -1.16. The molecule has 0 spiro atoms. The van der Waals surface area contributed by atoms with Crippen molar-refractivity contribution in [1.82, 2.24) is 0 Å². The Kier molecular flexibility index (Phi) is 4.57. The van der Waals surface area contributed by atoms with Crippen molar-refractivity contribution < 1.29 is 19.4 Å². The molecule has 3 fully saturated rings. The second-order valence-electron chi connectivity index (χ2n) is 10.1. The van der Waals surface area contributed by atoms with Crippen LogP contribution in [0.15, 0.2) is 11.6 Å². The minimum Gasteiger partial charge on any atom is -0.462 e. The number of ether oxygens (including phenoxy) is 1. The van der Waals surface area contributed by atoms with E-state index in [0.29, 0.717) is 17.6 Å². The Morgan fingerprint density at radius 2 is 1.81 bits per heavy atom. The quantitative estimate of drug-likeness (QED) is 0.585. The van der Waals surface area contributed by atoms with Crippen LogP contribution in [-0.4, -0.2) is 29.1 Å². The number of Topliss-reactive ketones (excluding diaryl/α,β-unsaturated/α-hetero) is 1. The molecule has 4 heteroatoms. The monoisotopic (exact) mass is 374 g/mol. The van der Waals surface area contributed by atoms with E-state index in [4.69, 9.17) is 4.74 Å². The number of esters is 1. The van der Waals surface area contributed by atoms with Crippen LogP contribution < -0.4 is 0 Å². The van der Waals surface area contributed by atoms with E-state index >= 15 is 0 Å². The third kappa shape index (κ3) is 2.82. The van der Waals surface area contributed by atoms with E-state index in [1.807, 2.05) is 0 Å². The van der Waals surface area contributed by atoms with Crippen molar-refractivity contribution in [2.45, 2.75) is 84.8 Å². The first-order valence-electron chi connectivity index (χ1n) is 10.7. The van der Waals surface area contributed by atoms with Gasteiger partial charge in [-0.25, -0.2) is 0 Å². The standard InChI is InChI=1S/C23H34O4/c1-13(24)17-5-6-18-21-19(8-10-23(17,18)4)22(3)9-7-16(27-14(2)25)11-15(22)12-20(21)26/h12,16-21,26H,5-11H2,1-4H3/t16-,17+,18-,19-,20-,21-,22-,23+/m0/s1. The van der Waals surface area contributed by atoms with Crippen molar-refractivity contribution in [1.29, 1.82) is 0 Å². The highest BCUT2D eigenvalue weighted by atomic mass is 16.5. The fourth-order valence-electron chi connectivity index (χ4n) is 7.62. The van der Waals surface area contributed by atoms with Crippen molar-refractivity contribution in [3.63, 3.8) is 0 Å². The number of rotatable bonds is 2. The van der Waals surface area contributed by atoms with Gasteiger partial charge >= 0.3 is 5.97 Å². The van der Waals surface area contributed by atoms with Gasteiger partial charge in [0.15, 0.2) is 0 Å². The third-order valence-corrected chi connectivity index (χ3v) is 8.91. The molecule has 3 saturated carbocycles. The molecule has 0 aromatic carbocycles. The summed E-state index contributed by atoms with van der Waals surface area (Å²) in [4.78, 5) is 23.6. The molecule has 0 aromatic rings. The van der Waals surface area contributed by atoms with Gasteiger partial charge in [0, 0.05) is 19.3 Å². The van der Waals surface area contributed by atoms with Crippen LogP contribution in [-0.2, 0) is 14.3 Å². The molecular weight excluding hydrogens is 340 g/mol. The fraction of sp³-hybridized carbons (Fsp3) is 0.826. The van der Waals surface area contributed by atoms with Crippen molar-refractivity contribution >= 4 is 11.8 Å². The highest BCUT2D eigenvalue weighted by molar-refractivity contribution is 5.79. The van der Waals surface area contributed by atoms with Crippen molar-refractivity contribution in [2.75, 3.05) is 0 Å². The lowest BCUT2D eigenvalue weighted by molar-refractivity contribution is -0.150. The van der Waals surface area contributed by atoms with Crippen LogP contribution >= 0.6 is 0 Å². The summed E-state index contributed by atoms with van der Waals surface area (Å²) in [7, 11) is 0. The molecule has 27 heavy (non-hydrogen) atoms. The summed E-state index contributed by atoms with van der Waals surface area (Å²) in [5.74, 6) is 1.43. The predicted molar refractivity (Wildman–Crippen MR) is 103 cm³/mol. The highest BCUT2D eigenvalue weighted by Crippen LogP contribution is 2.66. The lowest BCUT2D eigenvalue weighted by Gasteiger charge is -2.59. The molecule has 8 atom stereocenters. The first-order valence-corrected chi connectivity index (χ1v) is 10.7. The first-order chi connectivity index (χ1) is 12.7. The maximum Gasteiger partial charge on any atom is 0.302 e. The molecule has 0 aromatic heterocycles. The van der Waals surface area contributed by atoms with Gasteiger partial charge in [0.25, 0.3) is 0 Å². The van der Waals surface area contributed by atoms with Crippen molar-refractivity contribution in [3.8, 4) is 0 Å². The molecule has 1 N–H and O–H groups in total. The topological polar surface area (TPSA) is 63.6 Å². The van der Waals surface area contributed by atoms with Gasteiger partial charge in [-0.1, -0.05) is 25.5 Å². The van der Waals surface area contributed by atoms with Crippen LogP contribution in [0.2, 0.25) is 0 Å². The lowest BCUT2D eigenvalue weighted by Crippen LogP contribution is -2.55. The Morgan fingerprint density at radius 1 is 1.07 bits per heavy atom. The van der Waals surface area contributed by atoms with Gasteiger partial charge in [-0.15, -0.1) is 0 Å².